The molecule has 2 aliphatic rings. The summed E-state index contributed by atoms with van der Waals surface area (Å²) in [5.74, 6) is 0.894. The zero-order valence-electron chi connectivity index (χ0n) is 17.7. The van der Waals surface area contributed by atoms with Gasteiger partial charge in [-0.15, -0.1) is 0 Å². The van der Waals surface area contributed by atoms with Crippen molar-refractivity contribution in [3.8, 4) is 0 Å². The van der Waals surface area contributed by atoms with Gasteiger partial charge in [-0.25, -0.2) is 0 Å². The molecule has 2 saturated heterocycles. The second kappa shape index (κ2) is 8.08. The molecule has 24 heavy (non-hydrogen) atoms. The van der Waals surface area contributed by atoms with Gasteiger partial charge in [0.2, 0.25) is 0 Å². The van der Waals surface area contributed by atoms with Crippen molar-refractivity contribution in [2.75, 3.05) is 13.1 Å². The average molecular weight is 337 g/mol. The van der Waals surface area contributed by atoms with Crippen LogP contribution in [0.2, 0.25) is 0 Å². The van der Waals surface area contributed by atoms with E-state index in [2.05, 4.69) is 58.3 Å². The minimum Gasteiger partial charge on any atom is -0.296 e. The summed E-state index contributed by atoms with van der Waals surface area (Å²) >= 11 is 0. The topological polar surface area (TPSA) is 6.48 Å². The van der Waals surface area contributed by atoms with E-state index in [1.807, 2.05) is 0 Å². The Morgan fingerprint density at radius 2 is 1.38 bits per heavy atom. The molecule has 2 fully saturated rings. The number of hydrogen-bond donors (Lipinski definition) is 0. The van der Waals surface area contributed by atoms with Crippen molar-refractivity contribution in [3.05, 3.63) is 0 Å². The molecule has 2 unspecified atom stereocenters. The van der Waals surface area contributed by atoms with Crippen LogP contribution < -0.4 is 0 Å². The predicted molar refractivity (Wildman–Crippen MR) is 107 cm³/mol. The number of nitrogens with zero attached hydrogens (tertiary/aromatic N) is 2. The van der Waals surface area contributed by atoms with Gasteiger partial charge in [0.25, 0.3) is 0 Å². The van der Waals surface area contributed by atoms with Crippen molar-refractivity contribution in [2.24, 2.45) is 5.92 Å². The Labute approximate surface area is 152 Å². The summed E-state index contributed by atoms with van der Waals surface area (Å²) in [5.41, 5.74) is 0.664. The van der Waals surface area contributed by atoms with Crippen LogP contribution in [0.4, 0.5) is 0 Å². The molecule has 0 saturated carbocycles. The van der Waals surface area contributed by atoms with E-state index < -0.39 is 0 Å². The molecule has 0 aromatic carbocycles. The molecule has 142 valence electrons. The van der Waals surface area contributed by atoms with Crippen LogP contribution in [0.3, 0.4) is 0 Å². The summed E-state index contributed by atoms with van der Waals surface area (Å²) in [6.45, 7) is 19.7. The molecule has 0 aliphatic carbocycles. The van der Waals surface area contributed by atoms with Crippen molar-refractivity contribution in [1.82, 2.24) is 9.80 Å². The summed E-state index contributed by atoms with van der Waals surface area (Å²) in [4.78, 5) is 5.59. The minimum absolute atomic E-state index is 0.309. The lowest BCUT2D eigenvalue weighted by Crippen LogP contribution is -2.50. The molecule has 0 N–H and O–H groups in total. The Kier molecular flexibility index (Phi) is 6.81. The van der Waals surface area contributed by atoms with Crippen LogP contribution in [0.1, 0.15) is 99.8 Å². The minimum atomic E-state index is 0.309. The molecule has 0 aromatic heterocycles. The normalized spacial score (nSPS) is 32.4. The molecule has 2 heterocycles. The van der Waals surface area contributed by atoms with Gasteiger partial charge in [0.15, 0.2) is 0 Å². The highest BCUT2D eigenvalue weighted by Crippen LogP contribution is 2.35. The van der Waals surface area contributed by atoms with E-state index in [1.165, 1.54) is 64.5 Å². The van der Waals surface area contributed by atoms with Crippen molar-refractivity contribution in [1.29, 1.82) is 0 Å². The molecule has 2 rings (SSSR count). The van der Waals surface area contributed by atoms with Crippen LogP contribution >= 0.6 is 0 Å². The lowest BCUT2D eigenvalue weighted by atomic mass is 9.84. The SMILES string of the molecule is CC1CCC(CC(C)(C)N2CCCCC[C@@H]2C)CCN1C(C)(C)C. The smallest absolute Gasteiger partial charge is 0.0158 e. The summed E-state index contributed by atoms with van der Waals surface area (Å²) in [6.07, 6.45) is 11.2. The van der Waals surface area contributed by atoms with Crippen molar-refractivity contribution < 1.29 is 0 Å². The maximum atomic E-state index is 2.84. The standard InChI is InChI=1S/C22H44N2/c1-18-11-9-8-10-15-24(18)22(6,7)17-20-13-12-19(2)23(16-14-20)21(3,4)5/h18-20H,8-17H2,1-7H3/t18-,19?,20?/m0/s1. The Hall–Kier alpha value is -0.0800. The van der Waals surface area contributed by atoms with Gasteiger partial charge in [-0.05, 0) is 106 Å². The van der Waals surface area contributed by atoms with Gasteiger partial charge in [-0.1, -0.05) is 12.8 Å². The fourth-order valence-corrected chi connectivity index (χ4v) is 5.52. The van der Waals surface area contributed by atoms with E-state index >= 15 is 0 Å². The van der Waals surface area contributed by atoms with Crippen LogP contribution in [0.25, 0.3) is 0 Å². The van der Waals surface area contributed by atoms with Gasteiger partial charge >= 0.3 is 0 Å². The van der Waals surface area contributed by atoms with Gasteiger partial charge in [0.1, 0.15) is 0 Å². The lowest BCUT2D eigenvalue weighted by molar-refractivity contribution is 0.0549. The fraction of sp³-hybridized carbons (Fsp3) is 1.00. The highest BCUT2D eigenvalue weighted by molar-refractivity contribution is 4.91. The van der Waals surface area contributed by atoms with Crippen LogP contribution in [-0.2, 0) is 0 Å². The molecular formula is C22H44N2. The van der Waals surface area contributed by atoms with Crippen molar-refractivity contribution in [3.63, 3.8) is 0 Å². The lowest BCUT2D eigenvalue weighted by Gasteiger charge is -2.44. The molecule has 0 bridgehead atoms. The van der Waals surface area contributed by atoms with Crippen LogP contribution in [0.5, 0.6) is 0 Å². The largest absolute Gasteiger partial charge is 0.296 e. The van der Waals surface area contributed by atoms with Crippen LogP contribution in [0.15, 0.2) is 0 Å². The third-order valence-electron chi connectivity index (χ3n) is 6.78. The van der Waals surface area contributed by atoms with Crippen molar-refractivity contribution >= 4 is 0 Å². The van der Waals surface area contributed by atoms with E-state index in [9.17, 15) is 0 Å². The maximum absolute atomic E-state index is 2.84. The van der Waals surface area contributed by atoms with Gasteiger partial charge in [0.05, 0.1) is 0 Å². The Morgan fingerprint density at radius 1 is 0.708 bits per heavy atom. The molecule has 3 atom stereocenters. The Bertz CT molecular complexity index is 382. The summed E-state index contributed by atoms with van der Waals surface area (Å²) in [6, 6.07) is 1.49. The van der Waals surface area contributed by atoms with Crippen LogP contribution in [0, 0.1) is 5.92 Å². The van der Waals surface area contributed by atoms with E-state index in [1.54, 1.807) is 0 Å². The monoisotopic (exact) mass is 336 g/mol. The number of rotatable bonds is 3. The summed E-state index contributed by atoms with van der Waals surface area (Å²) in [7, 11) is 0. The van der Waals surface area contributed by atoms with Crippen LogP contribution in [-0.4, -0.2) is 46.1 Å². The Morgan fingerprint density at radius 3 is 2.04 bits per heavy atom. The molecule has 0 radical (unpaired) electrons. The van der Waals surface area contributed by atoms with E-state index in [4.69, 9.17) is 0 Å². The van der Waals surface area contributed by atoms with Gasteiger partial charge in [0, 0.05) is 23.2 Å². The second-order valence-electron chi connectivity index (χ2n) is 10.4. The first-order valence-electron chi connectivity index (χ1n) is 10.6. The molecular weight excluding hydrogens is 292 g/mol. The highest BCUT2D eigenvalue weighted by Gasteiger charge is 2.36. The fourth-order valence-electron chi connectivity index (χ4n) is 5.52. The Balaban J connectivity index is 1.99. The van der Waals surface area contributed by atoms with E-state index in [0.29, 0.717) is 11.1 Å². The van der Waals surface area contributed by atoms with E-state index in [0.717, 1.165) is 18.0 Å². The molecule has 2 aliphatic heterocycles. The first-order chi connectivity index (χ1) is 11.1. The van der Waals surface area contributed by atoms with Crippen molar-refractivity contribution in [2.45, 2.75) is 123 Å². The predicted octanol–water partition coefficient (Wildman–Crippen LogP) is 5.71. The first-order valence-corrected chi connectivity index (χ1v) is 10.6. The van der Waals surface area contributed by atoms with E-state index in [-0.39, 0.29) is 0 Å². The third-order valence-corrected chi connectivity index (χ3v) is 6.78. The van der Waals surface area contributed by atoms with Gasteiger partial charge < -0.3 is 0 Å². The zero-order valence-corrected chi connectivity index (χ0v) is 17.7. The molecule has 0 aromatic rings. The number of hydrogen-bond acceptors (Lipinski definition) is 2. The maximum Gasteiger partial charge on any atom is 0.0158 e. The summed E-state index contributed by atoms with van der Waals surface area (Å²) in [5, 5.41) is 0. The second-order valence-corrected chi connectivity index (χ2v) is 10.4. The average Bonchev–Trinajstić information content (AvgIpc) is 2.77. The third kappa shape index (κ3) is 5.21. The first kappa shape index (κ1) is 20.2. The molecule has 0 amide bonds. The molecule has 0 spiro atoms. The molecule has 2 nitrogen and oxygen atoms in total. The van der Waals surface area contributed by atoms with Gasteiger partial charge in [-0.3, -0.25) is 9.80 Å². The van der Waals surface area contributed by atoms with Gasteiger partial charge in [-0.2, -0.15) is 0 Å². The quantitative estimate of drug-likeness (QED) is 0.651. The summed E-state index contributed by atoms with van der Waals surface area (Å²) < 4.78 is 0. The highest BCUT2D eigenvalue weighted by atomic mass is 15.2. The molecule has 2 heteroatoms. The number of likely N-dealkylation sites (tertiary alicyclic amines) is 2. The zero-order chi connectivity index (χ0) is 18.0.